The molecule has 1 fully saturated rings. The summed E-state index contributed by atoms with van der Waals surface area (Å²) in [5.41, 5.74) is 6.04. The van der Waals surface area contributed by atoms with Crippen molar-refractivity contribution in [1.82, 2.24) is 0 Å². The van der Waals surface area contributed by atoms with E-state index in [9.17, 15) is 8.78 Å². The summed E-state index contributed by atoms with van der Waals surface area (Å²) in [5.74, 6) is 0.758. The lowest BCUT2D eigenvalue weighted by atomic mass is 10.0. The molecule has 0 atom stereocenters. The van der Waals surface area contributed by atoms with E-state index in [-0.39, 0.29) is 5.56 Å². The van der Waals surface area contributed by atoms with E-state index in [1.54, 1.807) is 0 Å². The zero-order valence-electron chi connectivity index (χ0n) is 9.80. The zero-order chi connectivity index (χ0) is 12.6. The van der Waals surface area contributed by atoms with Crippen LogP contribution in [0.4, 0.5) is 8.78 Å². The lowest BCUT2D eigenvalue weighted by molar-refractivity contribution is 0.150. The van der Waals surface area contributed by atoms with Gasteiger partial charge in [0.2, 0.25) is 0 Å². The maximum Gasteiger partial charge on any atom is 0.263 e. The van der Waals surface area contributed by atoms with Gasteiger partial charge in [-0.15, -0.1) is 0 Å². The predicted octanol–water partition coefficient (Wildman–Crippen LogP) is 2.59. The number of halogens is 2. The van der Waals surface area contributed by atoms with Crippen molar-refractivity contribution in [2.45, 2.75) is 24.8 Å². The van der Waals surface area contributed by atoms with Crippen molar-refractivity contribution in [3.05, 3.63) is 23.3 Å². The maximum absolute atomic E-state index is 12.8. The van der Waals surface area contributed by atoms with Gasteiger partial charge in [0.25, 0.3) is 6.43 Å². The monoisotopic (exact) mass is 243 g/mol. The third-order valence-electron chi connectivity index (χ3n) is 3.08. The maximum atomic E-state index is 12.8. The normalized spacial score (nSPS) is 17.1. The first-order valence-electron chi connectivity index (χ1n) is 5.35. The van der Waals surface area contributed by atoms with Crippen LogP contribution in [0.3, 0.4) is 0 Å². The Kier molecular flexibility index (Phi) is 2.95. The van der Waals surface area contributed by atoms with Crippen LogP contribution in [0.25, 0.3) is 0 Å². The fourth-order valence-corrected chi connectivity index (χ4v) is 1.89. The molecule has 94 valence electrons. The van der Waals surface area contributed by atoms with E-state index in [1.165, 1.54) is 26.4 Å². The Morgan fingerprint density at radius 1 is 1.24 bits per heavy atom. The molecule has 0 aliphatic heterocycles. The van der Waals surface area contributed by atoms with Gasteiger partial charge in [-0.2, -0.15) is 0 Å². The molecule has 0 amide bonds. The van der Waals surface area contributed by atoms with Crippen LogP contribution in [0.15, 0.2) is 12.1 Å². The van der Waals surface area contributed by atoms with E-state index in [0.29, 0.717) is 17.1 Å². The van der Waals surface area contributed by atoms with Crippen molar-refractivity contribution < 1.29 is 18.3 Å². The summed E-state index contributed by atoms with van der Waals surface area (Å²) in [7, 11) is 2.90. The predicted molar refractivity (Wildman–Crippen MR) is 59.6 cm³/mol. The van der Waals surface area contributed by atoms with Crippen LogP contribution in [-0.4, -0.2) is 14.2 Å². The van der Waals surface area contributed by atoms with E-state index in [4.69, 9.17) is 15.2 Å². The van der Waals surface area contributed by atoms with Crippen molar-refractivity contribution in [3.63, 3.8) is 0 Å². The number of methoxy groups -OCH3 is 2. The molecule has 1 aromatic rings. The van der Waals surface area contributed by atoms with E-state index >= 15 is 0 Å². The molecule has 0 heterocycles. The number of rotatable bonds is 4. The topological polar surface area (TPSA) is 44.5 Å². The molecule has 0 spiro atoms. The van der Waals surface area contributed by atoms with Gasteiger partial charge in [-0.05, 0) is 25.0 Å². The molecule has 0 unspecified atom stereocenters. The molecular formula is C12H15F2NO2. The van der Waals surface area contributed by atoms with Crippen LogP contribution in [0.5, 0.6) is 11.5 Å². The summed E-state index contributed by atoms with van der Waals surface area (Å²) in [4.78, 5) is 0. The molecule has 2 rings (SSSR count). The third kappa shape index (κ3) is 2.07. The molecule has 17 heavy (non-hydrogen) atoms. The van der Waals surface area contributed by atoms with Crippen LogP contribution in [0.1, 0.15) is 30.4 Å². The Balaban J connectivity index is 2.57. The lowest BCUT2D eigenvalue weighted by Gasteiger charge is -2.18. The molecule has 1 saturated carbocycles. The number of benzene rings is 1. The van der Waals surface area contributed by atoms with Gasteiger partial charge in [-0.1, -0.05) is 0 Å². The van der Waals surface area contributed by atoms with Crippen LogP contribution < -0.4 is 15.2 Å². The van der Waals surface area contributed by atoms with Crippen molar-refractivity contribution in [1.29, 1.82) is 0 Å². The van der Waals surface area contributed by atoms with Crippen molar-refractivity contribution in [2.75, 3.05) is 14.2 Å². The van der Waals surface area contributed by atoms with Crippen LogP contribution in [-0.2, 0) is 5.54 Å². The zero-order valence-corrected chi connectivity index (χ0v) is 9.80. The van der Waals surface area contributed by atoms with Crippen molar-refractivity contribution >= 4 is 0 Å². The molecule has 0 aromatic heterocycles. The van der Waals surface area contributed by atoms with Crippen molar-refractivity contribution in [2.24, 2.45) is 5.73 Å². The van der Waals surface area contributed by atoms with E-state index < -0.39 is 12.0 Å². The van der Waals surface area contributed by atoms with Gasteiger partial charge < -0.3 is 15.2 Å². The van der Waals surface area contributed by atoms with Gasteiger partial charge in [-0.3, -0.25) is 0 Å². The van der Waals surface area contributed by atoms with Gasteiger partial charge in [0.05, 0.1) is 14.2 Å². The minimum absolute atomic E-state index is 0.0885. The SMILES string of the molecule is COc1cc(C(F)F)cc(C2(N)CC2)c1OC. The van der Waals surface area contributed by atoms with Gasteiger partial charge in [0.15, 0.2) is 11.5 Å². The Labute approximate surface area is 98.5 Å². The molecule has 2 N–H and O–H groups in total. The number of hydrogen-bond donors (Lipinski definition) is 1. The molecular weight excluding hydrogens is 228 g/mol. The number of ether oxygens (including phenoxy) is 2. The fourth-order valence-electron chi connectivity index (χ4n) is 1.89. The van der Waals surface area contributed by atoms with Gasteiger partial charge in [0, 0.05) is 16.7 Å². The van der Waals surface area contributed by atoms with Gasteiger partial charge >= 0.3 is 0 Å². The minimum atomic E-state index is -2.55. The molecule has 5 heteroatoms. The van der Waals surface area contributed by atoms with Crippen molar-refractivity contribution in [3.8, 4) is 11.5 Å². The van der Waals surface area contributed by atoms with Crippen LogP contribution >= 0.6 is 0 Å². The minimum Gasteiger partial charge on any atom is -0.493 e. The summed E-state index contributed by atoms with van der Waals surface area (Å²) < 4.78 is 35.8. The number of hydrogen-bond acceptors (Lipinski definition) is 3. The molecule has 0 saturated heterocycles. The smallest absolute Gasteiger partial charge is 0.263 e. The first kappa shape index (κ1) is 12.1. The molecule has 0 radical (unpaired) electrons. The quantitative estimate of drug-likeness (QED) is 0.884. The summed E-state index contributed by atoms with van der Waals surface area (Å²) in [6.07, 6.45) is -0.991. The highest BCUT2D eigenvalue weighted by atomic mass is 19.3. The Morgan fingerprint density at radius 3 is 2.29 bits per heavy atom. The average molecular weight is 243 g/mol. The van der Waals surface area contributed by atoms with Crippen LogP contribution in [0.2, 0.25) is 0 Å². The summed E-state index contributed by atoms with van der Waals surface area (Å²) in [6.45, 7) is 0. The highest BCUT2D eigenvalue weighted by molar-refractivity contribution is 5.54. The number of alkyl halides is 2. The molecule has 1 aromatic carbocycles. The highest BCUT2D eigenvalue weighted by Gasteiger charge is 2.43. The third-order valence-corrected chi connectivity index (χ3v) is 3.08. The lowest BCUT2D eigenvalue weighted by Crippen LogP contribution is -2.20. The molecule has 1 aliphatic carbocycles. The van der Waals surface area contributed by atoms with E-state index in [0.717, 1.165) is 12.8 Å². The van der Waals surface area contributed by atoms with E-state index in [2.05, 4.69) is 0 Å². The number of nitrogens with two attached hydrogens (primary N) is 1. The molecule has 3 nitrogen and oxygen atoms in total. The second kappa shape index (κ2) is 4.14. The first-order valence-corrected chi connectivity index (χ1v) is 5.35. The average Bonchev–Trinajstić information content (AvgIpc) is 3.06. The van der Waals surface area contributed by atoms with Crippen LogP contribution in [0, 0.1) is 0 Å². The second-order valence-corrected chi connectivity index (χ2v) is 4.26. The van der Waals surface area contributed by atoms with E-state index in [1.807, 2.05) is 0 Å². The standard InChI is InChI=1S/C12H15F2NO2/c1-16-9-6-7(11(13)14)5-8(10(9)17-2)12(15)3-4-12/h5-6,11H,3-4,15H2,1-2H3. The Morgan fingerprint density at radius 2 is 1.88 bits per heavy atom. The summed E-state index contributed by atoms with van der Waals surface area (Å²) >= 11 is 0. The largest absolute Gasteiger partial charge is 0.493 e. The Hall–Kier alpha value is -1.36. The van der Waals surface area contributed by atoms with Gasteiger partial charge in [-0.25, -0.2) is 8.78 Å². The molecule has 0 bridgehead atoms. The Bertz CT molecular complexity index is 431. The summed E-state index contributed by atoms with van der Waals surface area (Å²) in [5, 5.41) is 0. The summed E-state index contributed by atoms with van der Waals surface area (Å²) in [6, 6.07) is 2.71. The highest BCUT2D eigenvalue weighted by Crippen LogP contribution is 2.50. The molecule has 1 aliphatic rings. The van der Waals surface area contributed by atoms with Gasteiger partial charge in [0.1, 0.15) is 0 Å². The second-order valence-electron chi connectivity index (χ2n) is 4.26. The first-order chi connectivity index (χ1) is 8.01. The fraction of sp³-hybridized carbons (Fsp3) is 0.500.